The van der Waals surface area contributed by atoms with Crippen LogP contribution in [0, 0.1) is 5.92 Å². The summed E-state index contributed by atoms with van der Waals surface area (Å²) in [6, 6.07) is 2.12. The van der Waals surface area contributed by atoms with Crippen molar-refractivity contribution < 1.29 is 4.79 Å². The van der Waals surface area contributed by atoms with Gasteiger partial charge in [0.05, 0.1) is 0 Å². The molecule has 1 heterocycles. The van der Waals surface area contributed by atoms with Crippen molar-refractivity contribution in [3.8, 4) is 0 Å². The van der Waals surface area contributed by atoms with Crippen molar-refractivity contribution in [2.24, 2.45) is 5.92 Å². The van der Waals surface area contributed by atoms with Crippen molar-refractivity contribution in [1.82, 2.24) is 0 Å². The first kappa shape index (κ1) is 7.04. The van der Waals surface area contributed by atoms with Gasteiger partial charge >= 0.3 is 0 Å². The number of carbonyl (C=O) groups is 1. The maximum atomic E-state index is 10.9. The van der Waals surface area contributed by atoms with Gasteiger partial charge < -0.3 is 0 Å². The van der Waals surface area contributed by atoms with Crippen molar-refractivity contribution in [3.05, 3.63) is 22.4 Å². The third-order valence-corrected chi connectivity index (χ3v) is 3.21. The van der Waals surface area contributed by atoms with Crippen LogP contribution in [0.2, 0.25) is 0 Å². The minimum Gasteiger partial charge on any atom is -0.299 e. The summed E-state index contributed by atoms with van der Waals surface area (Å²) in [6.45, 7) is 2.02. The van der Waals surface area contributed by atoms with Gasteiger partial charge in [-0.25, -0.2) is 0 Å². The van der Waals surface area contributed by atoms with Crippen molar-refractivity contribution in [2.45, 2.75) is 19.3 Å². The van der Waals surface area contributed by atoms with E-state index in [0.29, 0.717) is 11.7 Å². The fourth-order valence-electron chi connectivity index (χ4n) is 1.54. The predicted molar refractivity (Wildman–Crippen MR) is 45.8 cm³/mol. The maximum absolute atomic E-state index is 10.9. The number of ketones is 1. The molecule has 0 saturated heterocycles. The van der Waals surface area contributed by atoms with Gasteiger partial charge in [0.25, 0.3) is 0 Å². The second-order valence-corrected chi connectivity index (χ2v) is 3.90. The van der Waals surface area contributed by atoms with E-state index < -0.39 is 0 Å². The van der Waals surface area contributed by atoms with Gasteiger partial charge in [-0.05, 0) is 22.4 Å². The molecule has 0 spiro atoms. The average Bonchev–Trinajstić information content (AvgIpc) is 2.51. The largest absolute Gasteiger partial charge is 0.299 e. The number of hydrogen-bond donors (Lipinski definition) is 0. The molecule has 0 bridgehead atoms. The summed E-state index contributed by atoms with van der Waals surface area (Å²) < 4.78 is 0. The molecule has 0 aromatic carbocycles. The van der Waals surface area contributed by atoms with Gasteiger partial charge in [0.1, 0.15) is 5.78 Å². The van der Waals surface area contributed by atoms with Crippen molar-refractivity contribution in [2.75, 3.05) is 0 Å². The van der Waals surface area contributed by atoms with E-state index in [-0.39, 0.29) is 5.92 Å². The number of hydrogen-bond acceptors (Lipinski definition) is 2. The van der Waals surface area contributed by atoms with E-state index in [9.17, 15) is 4.79 Å². The van der Waals surface area contributed by atoms with Gasteiger partial charge in [0.2, 0.25) is 0 Å². The third kappa shape index (κ3) is 1.02. The Hall–Kier alpha value is -0.630. The molecular formula is C9H10OS. The predicted octanol–water partition coefficient (Wildman–Crippen LogP) is 2.44. The lowest BCUT2D eigenvalue weighted by Crippen LogP contribution is -2.32. The van der Waals surface area contributed by atoms with E-state index in [2.05, 4.69) is 16.8 Å². The quantitative estimate of drug-likeness (QED) is 0.626. The van der Waals surface area contributed by atoms with E-state index in [0.717, 1.165) is 6.42 Å². The summed E-state index contributed by atoms with van der Waals surface area (Å²) in [5, 5.41) is 4.22. The van der Waals surface area contributed by atoms with Crippen LogP contribution >= 0.6 is 11.3 Å². The standard InChI is InChI=1S/C9H10OS/c1-6-8(4-9(6)10)7-2-3-11-5-7/h2-3,5-6,8H,4H2,1H3. The van der Waals surface area contributed by atoms with Crippen molar-refractivity contribution >= 4 is 17.1 Å². The summed E-state index contributed by atoms with van der Waals surface area (Å²) in [5.41, 5.74) is 1.35. The Labute approximate surface area is 70.1 Å². The van der Waals surface area contributed by atoms with E-state index in [1.54, 1.807) is 11.3 Å². The van der Waals surface area contributed by atoms with Crippen LogP contribution in [0.4, 0.5) is 0 Å². The highest BCUT2D eigenvalue weighted by Gasteiger charge is 2.36. The molecule has 1 aliphatic rings. The topological polar surface area (TPSA) is 17.1 Å². The normalized spacial score (nSPS) is 30.1. The van der Waals surface area contributed by atoms with E-state index in [1.807, 2.05) is 6.92 Å². The zero-order chi connectivity index (χ0) is 7.84. The van der Waals surface area contributed by atoms with Gasteiger partial charge in [0, 0.05) is 18.3 Å². The fourth-order valence-corrected chi connectivity index (χ4v) is 2.26. The Morgan fingerprint density at radius 1 is 1.64 bits per heavy atom. The lowest BCUT2D eigenvalue weighted by Gasteiger charge is -2.31. The minimum atomic E-state index is 0.268. The molecule has 2 unspecified atom stereocenters. The monoisotopic (exact) mass is 166 g/mol. The van der Waals surface area contributed by atoms with Gasteiger partial charge in [-0.3, -0.25) is 4.79 Å². The zero-order valence-electron chi connectivity index (χ0n) is 6.41. The highest BCUT2D eigenvalue weighted by molar-refractivity contribution is 7.08. The van der Waals surface area contributed by atoms with E-state index in [4.69, 9.17) is 0 Å². The van der Waals surface area contributed by atoms with Crippen molar-refractivity contribution in [1.29, 1.82) is 0 Å². The first-order chi connectivity index (χ1) is 5.29. The Morgan fingerprint density at radius 2 is 2.45 bits per heavy atom. The summed E-state index contributed by atoms with van der Waals surface area (Å²) in [7, 11) is 0. The third-order valence-electron chi connectivity index (χ3n) is 2.50. The maximum Gasteiger partial charge on any atom is 0.136 e. The Kier molecular flexibility index (Phi) is 1.57. The lowest BCUT2D eigenvalue weighted by molar-refractivity contribution is -0.130. The molecule has 0 radical (unpaired) electrons. The molecule has 11 heavy (non-hydrogen) atoms. The second-order valence-electron chi connectivity index (χ2n) is 3.12. The molecular weight excluding hydrogens is 156 g/mol. The van der Waals surface area contributed by atoms with Gasteiger partial charge in [-0.15, -0.1) is 0 Å². The van der Waals surface area contributed by atoms with E-state index >= 15 is 0 Å². The first-order valence-corrected chi connectivity index (χ1v) is 4.78. The molecule has 1 fully saturated rings. The van der Waals surface area contributed by atoms with Crippen LogP contribution in [-0.4, -0.2) is 5.78 Å². The second kappa shape index (κ2) is 2.45. The van der Waals surface area contributed by atoms with Crippen LogP contribution in [0.25, 0.3) is 0 Å². The Morgan fingerprint density at radius 3 is 2.91 bits per heavy atom. The fraction of sp³-hybridized carbons (Fsp3) is 0.444. The number of Topliss-reactive ketones (excluding diaryl/α,β-unsaturated/α-hetero) is 1. The molecule has 0 aliphatic heterocycles. The van der Waals surface area contributed by atoms with E-state index in [1.165, 1.54) is 5.56 Å². The van der Waals surface area contributed by atoms with Gasteiger partial charge in [0.15, 0.2) is 0 Å². The highest BCUT2D eigenvalue weighted by Crippen LogP contribution is 2.39. The van der Waals surface area contributed by atoms with Gasteiger partial charge in [-0.1, -0.05) is 6.92 Å². The number of carbonyl (C=O) groups excluding carboxylic acids is 1. The molecule has 1 aliphatic carbocycles. The smallest absolute Gasteiger partial charge is 0.136 e. The summed E-state index contributed by atoms with van der Waals surface area (Å²) >= 11 is 1.71. The molecule has 2 rings (SSSR count). The number of thiophene rings is 1. The molecule has 1 aromatic rings. The minimum absolute atomic E-state index is 0.268. The zero-order valence-corrected chi connectivity index (χ0v) is 7.23. The first-order valence-electron chi connectivity index (χ1n) is 3.84. The summed E-state index contributed by atoms with van der Waals surface area (Å²) in [4.78, 5) is 10.9. The van der Waals surface area contributed by atoms with Crippen LogP contribution < -0.4 is 0 Å². The van der Waals surface area contributed by atoms with Crippen LogP contribution in [0.1, 0.15) is 24.8 Å². The van der Waals surface area contributed by atoms with Crippen LogP contribution in [0.3, 0.4) is 0 Å². The number of rotatable bonds is 1. The van der Waals surface area contributed by atoms with Gasteiger partial charge in [-0.2, -0.15) is 11.3 Å². The summed E-state index contributed by atoms with van der Waals surface area (Å²) in [6.07, 6.45) is 0.762. The molecule has 0 amide bonds. The Bertz CT molecular complexity index is 263. The summed E-state index contributed by atoms with van der Waals surface area (Å²) in [5.74, 6) is 1.21. The molecule has 2 heteroatoms. The molecule has 1 saturated carbocycles. The molecule has 0 N–H and O–H groups in total. The molecule has 58 valence electrons. The molecule has 1 nitrogen and oxygen atoms in total. The highest BCUT2D eigenvalue weighted by atomic mass is 32.1. The van der Waals surface area contributed by atoms with Crippen LogP contribution in [0.5, 0.6) is 0 Å². The SMILES string of the molecule is CC1C(=O)CC1c1ccsc1. The lowest BCUT2D eigenvalue weighted by atomic mass is 9.71. The molecule has 2 atom stereocenters. The van der Waals surface area contributed by atoms with Crippen LogP contribution in [-0.2, 0) is 4.79 Å². The molecule has 1 aromatic heterocycles. The average molecular weight is 166 g/mol. The van der Waals surface area contributed by atoms with Crippen molar-refractivity contribution in [3.63, 3.8) is 0 Å². The Balaban J connectivity index is 2.15. The van der Waals surface area contributed by atoms with Crippen LogP contribution in [0.15, 0.2) is 16.8 Å².